The highest BCUT2D eigenvalue weighted by Crippen LogP contribution is 2.29. The van der Waals surface area contributed by atoms with Crippen LogP contribution in [0.4, 0.5) is 0 Å². The first-order chi connectivity index (χ1) is 10.1. The maximum absolute atomic E-state index is 12.9. The summed E-state index contributed by atoms with van der Waals surface area (Å²) in [6.45, 7) is 4.22. The predicted octanol–water partition coefficient (Wildman–Crippen LogP) is 2.81. The zero-order valence-electron chi connectivity index (χ0n) is 12.5. The lowest BCUT2D eigenvalue weighted by Crippen LogP contribution is -2.32. The van der Waals surface area contributed by atoms with E-state index in [2.05, 4.69) is 12.2 Å². The van der Waals surface area contributed by atoms with E-state index in [0.29, 0.717) is 36.5 Å². The number of nitrogens with one attached hydrogen (secondary N) is 1. The Bertz CT molecular complexity index is 578. The van der Waals surface area contributed by atoms with Crippen molar-refractivity contribution in [1.29, 1.82) is 0 Å². The van der Waals surface area contributed by atoms with Gasteiger partial charge >= 0.3 is 0 Å². The highest BCUT2D eigenvalue weighted by Gasteiger charge is 2.30. The number of hydrogen-bond acceptors (Lipinski definition) is 4. The molecule has 1 aliphatic carbocycles. The molecule has 0 aromatic carbocycles. The van der Waals surface area contributed by atoms with Crippen LogP contribution in [0.5, 0.6) is 0 Å². The fraction of sp³-hybridized carbons (Fsp3) is 0.733. The Hall–Kier alpha value is -0.430. The lowest BCUT2D eigenvalue weighted by atomic mass is 10.0. The second-order valence-corrected chi connectivity index (χ2v) is 9.21. The third-order valence-corrected chi connectivity index (χ3v) is 7.46. The Morgan fingerprint density at radius 3 is 2.86 bits per heavy atom. The van der Waals surface area contributed by atoms with Gasteiger partial charge in [0, 0.05) is 30.6 Å². The molecule has 0 radical (unpaired) electrons. The number of rotatable bonds is 5. The van der Waals surface area contributed by atoms with Crippen LogP contribution < -0.4 is 5.32 Å². The largest absolute Gasteiger partial charge is 0.309 e. The summed E-state index contributed by atoms with van der Waals surface area (Å²) in [7, 11) is -3.32. The van der Waals surface area contributed by atoms with Gasteiger partial charge in [0.2, 0.25) is 10.0 Å². The number of nitrogens with zero attached hydrogens (tertiary/aromatic N) is 1. The maximum atomic E-state index is 12.9. The minimum absolute atomic E-state index is 0.523. The van der Waals surface area contributed by atoms with E-state index in [1.807, 2.05) is 5.38 Å². The van der Waals surface area contributed by atoms with Gasteiger partial charge in [0.15, 0.2) is 0 Å². The summed E-state index contributed by atoms with van der Waals surface area (Å²) >= 11 is 1.55. The molecule has 1 saturated heterocycles. The lowest BCUT2D eigenvalue weighted by Gasteiger charge is -2.20. The van der Waals surface area contributed by atoms with Gasteiger partial charge in [-0.15, -0.1) is 11.3 Å². The van der Waals surface area contributed by atoms with Crippen LogP contribution in [-0.4, -0.2) is 31.9 Å². The van der Waals surface area contributed by atoms with E-state index in [0.717, 1.165) is 24.1 Å². The summed E-state index contributed by atoms with van der Waals surface area (Å²) in [6.07, 6.45) is 5.51. The molecule has 21 heavy (non-hydrogen) atoms. The van der Waals surface area contributed by atoms with Crippen molar-refractivity contribution in [2.75, 3.05) is 13.1 Å². The average Bonchev–Trinajstić information content (AvgIpc) is 3.19. The fourth-order valence-corrected chi connectivity index (χ4v) is 5.69. The van der Waals surface area contributed by atoms with Gasteiger partial charge in [-0.1, -0.05) is 6.92 Å². The molecule has 0 amide bonds. The first-order valence-corrected chi connectivity index (χ1v) is 10.2. The highest BCUT2D eigenvalue weighted by atomic mass is 32.2. The van der Waals surface area contributed by atoms with Gasteiger partial charge in [0.1, 0.15) is 0 Å². The third-order valence-electron chi connectivity index (χ3n) is 4.43. The molecule has 1 saturated carbocycles. The molecule has 4 nitrogen and oxygen atoms in total. The second-order valence-electron chi connectivity index (χ2n) is 6.30. The van der Waals surface area contributed by atoms with Gasteiger partial charge in [0.05, 0.1) is 4.90 Å². The molecule has 1 aromatic rings. The van der Waals surface area contributed by atoms with E-state index in [9.17, 15) is 8.42 Å². The summed E-state index contributed by atoms with van der Waals surface area (Å²) in [6, 6.07) is 2.37. The predicted molar refractivity (Wildman–Crippen MR) is 86.0 cm³/mol. The van der Waals surface area contributed by atoms with Gasteiger partial charge in [-0.3, -0.25) is 0 Å². The minimum Gasteiger partial charge on any atom is -0.309 e. The summed E-state index contributed by atoms with van der Waals surface area (Å²) in [5.74, 6) is 0.628. The van der Waals surface area contributed by atoms with Crippen molar-refractivity contribution >= 4 is 21.4 Å². The summed E-state index contributed by atoms with van der Waals surface area (Å²) in [5, 5.41) is 5.32. The molecule has 1 N–H and O–H groups in total. The Morgan fingerprint density at radius 1 is 1.29 bits per heavy atom. The summed E-state index contributed by atoms with van der Waals surface area (Å²) in [5.41, 5.74) is 0. The van der Waals surface area contributed by atoms with Crippen molar-refractivity contribution in [3.63, 3.8) is 0 Å². The second kappa shape index (κ2) is 6.36. The van der Waals surface area contributed by atoms with Crippen LogP contribution >= 0.6 is 11.3 Å². The quantitative estimate of drug-likeness (QED) is 0.904. The monoisotopic (exact) mass is 328 g/mol. The summed E-state index contributed by atoms with van der Waals surface area (Å²) in [4.78, 5) is 1.48. The fourth-order valence-electron chi connectivity index (χ4n) is 2.83. The zero-order valence-corrected chi connectivity index (χ0v) is 14.2. The Kier molecular flexibility index (Phi) is 4.69. The van der Waals surface area contributed by atoms with Crippen LogP contribution in [0, 0.1) is 5.92 Å². The van der Waals surface area contributed by atoms with Crippen molar-refractivity contribution in [3.8, 4) is 0 Å². The molecule has 0 spiro atoms. The third kappa shape index (κ3) is 3.67. The summed E-state index contributed by atoms with van der Waals surface area (Å²) < 4.78 is 27.5. The standard InChI is InChI=1S/C15H24N2O2S2/c1-12-3-2-8-17(9-6-12)21(18,19)15-7-10-20-14(15)11-16-13-4-5-13/h7,10,12-13,16H,2-6,8-9,11H2,1H3. The van der Waals surface area contributed by atoms with Crippen LogP contribution in [0.25, 0.3) is 0 Å². The normalized spacial score (nSPS) is 24.9. The SMILES string of the molecule is CC1CCCN(S(=O)(=O)c2ccsc2CNC2CC2)CC1. The van der Waals surface area contributed by atoms with Gasteiger partial charge in [0.25, 0.3) is 0 Å². The molecule has 6 heteroatoms. The Morgan fingerprint density at radius 2 is 2.10 bits per heavy atom. The molecule has 3 rings (SSSR count). The number of thiophene rings is 1. The van der Waals surface area contributed by atoms with Gasteiger partial charge < -0.3 is 5.32 Å². The van der Waals surface area contributed by atoms with E-state index in [4.69, 9.17) is 0 Å². The molecule has 1 aliphatic heterocycles. The molecule has 118 valence electrons. The van der Waals surface area contributed by atoms with Crippen LogP contribution in [0.3, 0.4) is 0 Å². The molecule has 1 aromatic heterocycles. The van der Waals surface area contributed by atoms with Crippen molar-refractivity contribution in [2.45, 2.75) is 56.5 Å². The van der Waals surface area contributed by atoms with E-state index in [1.54, 1.807) is 21.7 Å². The van der Waals surface area contributed by atoms with Crippen molar-refractivity contribution < 1.29 is 8.42 Å². The van der Waals surface area contributed by atoms with Crippen LogP contribution in [0.2, 0.25) is 0 Å². The highest BCUT2D eigenvalue weighted by molar-refractivity contribution is 7.89. The van der Waals surface area contributed by atoms with E-state index >= 15 is 0 Å². The van der Waals surface area contributed by atoms with Gasteiger partial charge in [-0.05, 0) is 49.5 Å². The van der Waals surface area contributed by atoms with Crippen LogP contribution in [0.15, 0.2) is 16.3 Å². The molecule has 2 aliphatic rings. The smallest absolute Gasteiger partial charge is 0.244 e. The molecular formula is C15H24N2O2S2. The lowest BCUT2D eigenvalue weighted by molar-refractivity contribution is 0.416. The van der Waals surface area contributed by atoms with Crippen LogP contribution in [0.1, 0.15) is 43.9 Å². The molecule has 1 atom stereocenters. The van der Waals surface area contributed by atoms with Crippen molar-refractivity contribution in [1.82, 2.24) is 9.62 Å². The van der Waals surface area contributed by atoms with Crippen molar-refractivity contribution in [3.05, 3.63) is 16.3 Å². The van der Waals surface area contributed by atoms with Gasteiger partial charge in [-0.2, -0.15) is 4.31 Å². The number of sulfonamides is 1. The number of hydrogen-bond donors (Lipinski definition) is 1. The zero-order chi connectivity index (χ0) is 14.9. The van der Waals surface area contributed by atoms with E-state index in [-0.39, 0.29) is 0 Å². The maximum Gasteiger partial charge on any atom is 0.244 e. The molecule has 0 bridgehead atoms. The molecule has 1 unspecified atom stereocenters. The Labute approximate surface area is 131 Å². The van der Waals surface area contributed by atoms with Crippen molar-refractivity contribution in [2.24, 2.45) is 5.92 Å². The van der Waals surface area contributed by atoms with E-state index < -0.39 is 10.0 Å². The Balaban J connectivity index is 1.75. The minimum atomic E-state index is -3.32. The first-order valence-electron chi connectivity index (χ1n) is 7.87. The molecule has 2 heterocycles. The molecule has 2 fully saturated rings. The van der Waals surface area contributed by atoms with Gasteiger partial charge in [-0.25, -0.2) is 8.42 Å². The topological polar surface area (TPSA) is 49.4 Å². The van der Waals surface area contributed by atoms with E-state index in [1.165, 1.54) is 12.8 Å². The molecular weight excluding hydrogens is 304 g/mol. The average molecular weight is 329 g/mol. The van der Waals surface area contributed by atoms with Crippen LogP contribution in [-0.2, 0) is 16.6 Å². The first kappa shape index (κ1) is 15.5.